The zero-order valence-electron chi connectivity index (χ0n) is 24.3. The number of ether oxygens (including phenoxy) is 2. The maximum absolute atomic E-state index is 13.8. The minimum atomic E-state index is -1.03. The largest absolute Gasteiger partial charge is 0.497 e. The first-order chi connectivity index (χ1) is 21.1. The van der Waals surface area contributed by atoms with Crippen molar-refractivity contribution in [3.8, 4) is 17.2 Å². The van der Waals surface area contributed by atoms with Crippen LogP contribution in [0.3, 0.4) is 0 Å². The molecule has 0 bridgehead atoms. The van der Waals surface area contributed by atoms with Crippen molar-refractivity contribution in [3.05, 3.63) is 116 Å². The second kappa shape index (κ2) is 12.5. The Hall–Kier alpha value is -5.36. The van der Waals surface area contributed by atoms with E-state index in [1.54, 1.807) is 60.6 Å². The van der Waals surface area contributed by atoms with E-state index in [1.165, 1.54) is 43.1 Å². The Morgan fingerprint density at radius 3 is 2.34 bits per heavy atom. The van der Waals surface area contributed by atoms with Gasteiger partial charge in [-0.25, -0.2) is 9.79 Å². The lowest BCUT2D eigenvalue weighted by Gasteiger charge is -2.16. The molecule has 2 heterocycles. The van der Waals surface area contributed by atoms with Crippen LogP contribution in [0.15, 0.2) is 82.7 Å². The number of aromatic nitrogens is 1. The number of carboxylic acid groups (broad SMARTS) is 1. The molecule has 12 heteroatoms. The number of carbonyl (C=O) groups is 2. The first-order valence-corrected chi connectivity index (χ1v) is 14.2. The van der Waals surface area contributed by atoms with Gasteiger partial charge in [0.1, 0.15) is 11.5 Å². The Kier molecular flexibility index (Phi) is 8.54. The molecule has 11 nitrogen and oxygen atoms in total. The summed E-state index contributed by atoms with van der Waals surface area (Å²) in [5.41, 5.74) is 4.54. The highest BCUT2D eigenvalue weighted by molar-refractivity contribution is 8.18. The van der Waals surface area contributed by atoms with Crippen LogP contribution >= 0.6 is 11.8 Å². The number of carbonyl (C=O) groups excluding carboxylic acids is 1. The fourth-order valence-corrected chi connectivity index (χ4v) is 5.83. The van der Waals surface area contributed by atoms with E-state index in [2.05, 4.69) is 0 Å². The summed E-state index contributed by atoms with van der Waals surface area (Å²) in [5.74, 6) is -0.247. The van der Waals surface area contributed by atoms with Crippen LogP contribution in [-0.2, 0) is 11.3 Å². The Morgan fingerprint density at radius 2 is 1.73 bits per heavy atom. The van der Waals surface area contributed by atoms with Crippen LogP contribution in [0, 0.1) is 24.0 Å². The van der Waals surface area contributed by atoms with Crippen LogP contribution in [0.25, 0.3) is 11.8 Å². The number of amidine groups is 1. The van der Waals surface area contributed by atoms with Gasteiger partial charge in [-0.2, -0.15) is 0 Å². The number of hydrogen-bond acceptors (Lipinski definition) is 8. The van der Waals surface area contributed by atoms with Gasteiger partial charge in [-0.3, -0.25) is 19.8 Å². The summed E-state index contributed by atoms with van der Waals surface area (Å²) in [6, 6.07) is 19.9. The number of hydrogen-bond donors (Lipinski definition) is 1. The van der Waals surface area contributed by atoms with Crippen molar-refractivity contribution < 1.29 is 29.1 Å². The number of methoxy groups -OCH3 is 2. The zero-order chi connectivity index (χ0) is 31.5. The Balaban J connectivity index is 1.53. The highest BCUT2D eigenvalue weighted by atomic mass is 32.2. The van der Waals surface area contributed by atoms with Crippen LogP contribution in [0.1, 0.15) is 32.9 Å². The number of nitro benzene ring substituents is 1. The average molecular weight is 613 g/mol. The normalized spacial score (nSPS) is 14.8. The minimum absolute atomic E-state index is 0.0790. The molecule has 44 heavy (non-hydrogen) atoms. The molecule has 1 aliphatic rings. The Morgan fingerprint density at radius 1 is 1.02 bits per heavy atom. The number of rotatable bonds is 9. The molecule has 3 aromatic carbocycles. The van der Waals surface area contributed by atoms with E-state index < -0.39 is 10.9 Å². The highest BCUT2D eigenvalue weighted by Crippen LogP contribution is 2.37. The van der Waals surface area contributed by atoms with E-state index >= 15 is 0 Å². The van der Waals surface area contributed by atoms with Crippen molar-refractivity contribution in [2.45, 2.75) is 20.4 Å². The molecule has 5 rings (SSSR count). The first kappa shape index (κ1) is 30.1. The molecule has 0 spiro atoms. The van der Waals surface area contributed by atoms with Gasteiger partial charge >= 0.3 is 5.97 Å². The molecule has 1 aliphatic heterocycles. The number of non-ortho nitro benzene ring substituents is 1. The summed E-state index contributed by atoms with van der Waals surface area (Å²) in [6.45, 7) is 4.00. The number of aromatic carboxylic acids is 1. The number of nitro groups is 1. The molecule has 0 radical (unpaired) electrons. The van der Waals surface area contributed by atoms with E-state index in [9.17, 15) is 24.8 Å². The van der Waals surface area contributed by atoms with E-state index in [1.807, 2.05) is 24.5 Å². The summed E-state index contributed by atoms with van der Waals surface area (Å²) >= 11 is 1.24. The molecule has 1 fully saturated rings. The van der Waals surface area contributed by atoms with E-state index in [-0.39, 0.29) is 23.7 Å². The zero-order valence-corrected chi connectivity index (χ0v) is 25.1. The average Bonchev–Trinajstić information content (AvgIpc) is 3.46. The predicted molar refractivity (Wildman–Crippen MR) is 168 cm³/mol. The van der Waals surface area contributed by atoms with Crippen LogP contribution in [0.4, 0.5) is 11.4 Å². The van der Waals surface area contributed by atoms with Crippen molar-refractivity contribution in [2.75, 3.05) is 14.2 Å². The number of aliphatic imine (C=N–C) groups is 1. The number of nitrogens with zero attached hydrogens (tertiary/aromatic N) is 4. The molecule has 0 saturated carbocycles. The molecule has 0 atom stereocenters. The van der Waals surface area contributed by atoms with Crippen molar-refractivity contribution in [1.82, 2.24) is 9.47 Å². The lowest BCUT2D eigenvalue weighted by atomic mass is 10.1. The molecule has 224 valence electrons. The molecule has 1 N–H and O–H groups in total. The predicted octanol–water partition coefficient (Wildman–Crippen LogP) is 6.52. The maximum atomic E-state index is 13.8. The van der Waals surface area contributed by atoms with E-state index in [4.69, 9.17) is 14.5 Å². The topological polar surface area (TPSA) is 136 Å². The number of thioether (sulfide) groups is 1. The molecule has 0 aliphatic carbocycles. The molecule has 4 aromatic rings. The Bertz CT molecular complexity index is 1830. The molecule has 1 amide bonds. The second-order valence-electron chi connectivity index (χ2n) is 9.87. The summed E-state index contributed by atoms with van der Waals surface area (Å²) < 4.78 is 12.6. The standard InChI is InChI=1S/C32H28N4O7S/c1-19-15-23(20(2)35(19)27-14-11-25(36(40)41)17-28(27)43-4)16-29-30(37)34(18-21-5-7-22(8-6-21)31(38)39)32(44-29)33-24-9-12-26(42-3)13-10-24/h5-17H,18H2,1-4H3,(H,38,39)/b29-16-,33-32?. The quantitative estimate of drug-likeness (QED) is 0.128. The molecule has 1 aromatic heterocycles. The smallest absolute Gasteiger partial charge is 0.335 e. The molecule has 0 unspecified atom stereocenters. The van der Waals surface area contributed by atoms with E-state index in [0.717, 1.165) is 22.5 Å². The van der Waals surface area contributed by atoms with Crippen LogP contribution < -0.4 is 9.47 Å². The highest BCUT2D eigenvalue weighted by Gasteiger charge is 2.34. The van der Waals surface area contributed by atoms with Gasteiger partial charge in [0.15, 0.2) is 5.17 Å². The number of aryl methyl sites for hydroxylation is 1. The monoisotopic (exact) mass is 612 g/mol. The first-order valence-electron chi connectivity index (χ1n) is 13.4. The van der Waals surface area contributed by atoms with Crippen LogP contribution in [0.5, 0.6) is 11.5 Å². The number of amides is 1. The second-order valence-corrected chi connectivity index (χ2v) is 10.9. The van der Waals surface area contributed by atoms with Gasteiger partial charge in [0, 0.05) is 17.5 Å². The van der Waals surface area contributed by atoms with Crippen LogP contribution in [0.2, 0.25) is 0 Å². The maximum Gasteiger partial charge on any atom is 0.335 e. The summed E-state index contributed by atoms with van der Waals surface area (Å²) in [4.78, 5) is 42.7. The van der Waals surface area contributed by atoms with Crippen molar-refractivity contribution >= 4 is 46.3 Å². The SMILES string of the molecule is COc1ccc(N=C2S/C(=C\c3cc(C)n(-c4ccc([N+](=O)[O-])cc4OC)c3C)C(=O)N2Cc2ccc(C(=O)O)cc2)cc1. The fraction of sp³-hybridized carbons (Fsp3) is 0.156. The fourth-order valence-electron chi connectivity index (χ4n) is 4.84. The lowest BCUT2D eigenvalue weighted by Crippen LogP contribution is -2.28. The lowest BCUT2D eigenvalue weighted by molar-refractivity contribution is -0.384. The molecule has 1 saturated heterocycles. The summed E-state index contributed by atoms with van der Waals surface area (Å²) in [6.07, 6.45) is 1.81. The number of carboxylic acids is 1. The third kappa shape index (κ3) is 6.06. The summed E-state index contributed by atoms with van der Waals surface area (Å²) in [7, 11) is 3.04. The number of benzene rings is 3. The van der Waals surface area contributed by atoms with Gasteiger partial charge in [-0.05, 0) is 91.3 Å². The van der Waals surface area contributed by atoms with Gasteiger partial charge in [-0.15, -0.1) is 0 Å². The van der Waals surface area contributed by atoms with Gasteiger partial charge in [0.2, 0.25) is 0 Å². The van der Waals surface area contributed by atoms with Crippen molar-refractivity contribution in [1.29, 1.82) is 0 Å². The molecular formula is C32H28N4O7S. The minimum Gasteiger partial charge on any atom is -0.497 e. The third-order valence-electron chi connectivity index (χ3n) is 7.10. The van der Waals surface area contributed by atoms with Gasteiger partial charge in [-0.1, -0.05) is 12.1 Å². The van der Waals surface area contributed by atoms with Gasteiger partial charge < -0.3 is 19.1 Å². The Labute approximate surface area is 257 Å². The van der Waals surface area contributed by atoms with Gasteiger partial charge in [0.25, 0.3) is 11.6 Å². The molecular weight excluding hydrogens is 584 g/mol. The third-order valence-corrected chi connectivity index (χ3v) is 8.11. The van der Waals surface area contributed by atoms with Crippen molar-refractivity contribution in [2.24, 2.45) is 4.99 Å². The van der Waals surface area contributed by atoms with E-state index in [0.29, 0.717) is 32.9 Å². The van der Waals surface area contributed by atoms with Crippen molar-refractivity contribution in [3.63, 3.8) is 0 Å². The van der Waals surface area contributed by atoms with Crippen LogP contribution in [-0.4, -0.2) is 50.8 Å². The van der Waals surface area contributed by atoms with Gasteiger partial charge in [0.05, 0.1) is 53.6 Å². The summed E-state index contributed by atoms with van der Waals surface area (Å²) in [5, 5.41) is 21.0.